The molecule has 0 aromatic heterocycles. The second kappa shape index (κ2) is 7.86. The highest BCUT2D eigenvalue weighted by molar-refractivity contribution is 5.95. The highest BCUT2D eigenvalue weighted by atomic mass is 16.3. The Kier molecular flexibility index (Phi) is 6.03. The molecular weight excluding hydrogens is 420 g/mol. The van der Waals surface area contributed by atoms with E-state index in [1.165, 1.54) is 0 Å². The molecule has 9 atom stereocenters. The smallest absolute Gasteiger partial charge is 0.159 e. The summed E-state index contributed by atoms with van der Waals surface area (Å²) >= 11 is 0. The summed E-state index contributed by atoms with van der Waals surface area (Å²) in [6.45, 7) is 9.22. The fraction of sp³-hybridized carbons (Fsp3) is 0.889. The molecule has 0 aromatic carbocycles. The van der Waals surface area contributed by atoms with E-state index in [0.29, 0.717) is 38.5 Å². The average Bonchev–Trinajstić information content (AvgIpc) is 2.99. The Morgan fingerprint density at radius 2 is 1.73 bits per heavy atom. The fourth-order valence-corrected chi connectivity index (χ4v) is 8.27. The van der Waals surface area contributed by atoms with E-state index in [0.717, 1.165) is 18.4 Å². The van der Waals surface area contributed by atoms with Crippen LogP contribution in [0.25, 0.3) is 0 Å². The molecule has 0 aliphatic heterocycles. The zero-order valence-corrected chi connectivity index (χ0v) is 21.0. The van der Waals surface area contributed by atoms with Gasteiger partial charge in [-0.3, -0.25) is 4.79 Å². The minimum absolute atomic E-state index is 0.0144. The fourth-order valence-electron chi connectivity index (χ4n) is 8.27. The summed E-state index contributed by atoms with van der Waals surface area (Å²) in [6.07, 6.45) is 5.38. The van der Waals surface area contributed by atoms with Crippen molar-refractivity contribution in [2.75, 3.05) is 0 Å². The van der Waals surface area contributed by atoms with E-state index in [1.54, 1.807) is 26.8 Å². The van der Waals surface area contributed by atoms with Crippen molar-refractivity contribution in [3.63, 3.8) is 0 Å². The third kappa shape index (κ3) is 3.76. The predicted octanol–water partition coefficient (Wildman–Crippen LogP) is 2.88. The van der Waals surface area contributed by atoms with Crippen molar-refractivity contribution in [2.24, 2.45) is 28.6 Å². The van der Waals surface area contributed by atoms with E-state index < -0.39 is 34.4 Å². The van der Waals surface area contributed by atoms with E-state index >= 15 is 0 Å². The summed E-state index contributed by atoms with van der Waals surface area (Å²) in [5, 5.41) is 55.0. The van der Waals surface area contributed by atoms with Gasteiger partial charge < -0.3 is 25.5 Å². The Hall–Kier alpha value is -0.790. The van der Waals surface area contributed by atoms with Crippen LogP contribution in [-0.2, 0) is 4.79 Å². The van der Waals surface area contributed by atoms with Crippen molar-refractivity contribution in [1.82, 2.24) is 0 Å². The van der Waals surface area contributed by atoms with Gasteiger partial charge in [0, 0.05) is 11.3 Å². The van der Waals surface area contributed by atoms with Gasteiger partial charge in [0.25, 0.3) is 0 Å². The van der Waals surface area contributed by atoms with Crippen LogP contribution in [0.4, 0.5) is 0 Å². The first-order chi connectivity index (χ1) is 15.1. The molecule has 6 nitrogen and oxygen atoms in total. The van der Waals surface area contributed by atoms with E-state index in [2.05, 4.69) is 6.92 Å². The summed E-state index contributed by atoms with van der Waals surface area (Å²) < 4.78 is 0. The van der Waals surface area contributed by atoms with Crippen LogP contribution in [0, 0.1) is 28.6 Å². The normalized spacial score (nSPS) is 46.0. The number of rotatable bonds is 5. The molecule has 0 unspecified atom stereocenters. The molecule has 0 radical (unpaired) electrons. The van der Waals surface area contributed by atoms with E-state index in [4.69, 9.17) is 0 Å². The first kappa shape index (κ1) is 25.3. The first-order valence-electron chi connectivity index (χ1n) is 12.9. The van der Waals surface area contributed by atoms with Gasteiger partial charge in [0.15, 0.2) is 5.78 Å². The largest absolute Gasteiger partial charge is 0.393 e. The van der Waals surface area contributed by atoms with Crippen LogP contribution >= 0.6 is 0 Å². The van der Waals surface area contributed by atoms with Crippen LogP contribution in [0.5, 0.6) is 0 Å². The Morgan fingerprint density at radius 3 is 2.36 bits per heavy atom. The Labute approximate surface area is 198 Å². The van der Waals surface area contributed by atoms with Gasteiger partial charge in [0.2, 0.25) is 0 Å². The SMILES string of the molecule is CC(C)(O)CC[C@@H](O)[C@@](C)(O)[C@H]1CC[C@@]2(O)C3=CC(=O)[C@@H]4C[C@@H](O)CC[C@]4(C)[C@H]3CC[C@]12C. The predicted molar refractivity (Wildman–Crippen MR) is 125 cm³/mol. The summed E-state index contributed by atoms with van der Waals surface area (Å²) in [5.74, 6) is -0.426. The minimum Gasteiger partial charge on any atom is -0.393 e. The molecule has 33 heavy (non-hydrogen) atoms. The van der Waals surface area contributed by atoms with Crippen molar-refractivity contribution in [1.29, 1.82) is 0 Å². The average molecular weight is 465 g/mol. The number of allylic oxidation sites excluding steroid dienone is 1. The monoisotopic (exact) mass is 464 g/mol. The molecule has 0 aromatic rings. The molecular formula is C27H44O6. The van der Waals surface area contributed by atoms with E-state index in [-0.39, 0.29) is 35.4 Å². The molecule has 0 saturated heterocycles. The van der Waals surface area contributed by atoms with Crippen LogP contribution in [0.3, 0.4) is 0 Å². The number of carbonyl (C=O) groups is 1. The van der Waals surface area contributed by atoms with E-state index in [1.807, 2.05) is 6.92 Å². The number of aliphatic hydroxyl groups is 5. The summed E-state index contributed by atoms with van der Waals surface area (Å²) in [6, 6.07) is 0. The maximum Gasteiger partial charge on any atom is 0.159 e. The molecule has 3 fully saturated rings. The molecule has 4 aliphatic carbocycles. The topological polar surface area (TPSA) is 118 Å². The molecule has 188 valence electrons. The Bertz CT molecular complexity index is 827. The molecule has 5 N–H and O–H groups in total. The number of hydrogen-bond acceptors (Lipinski definition) is 6. The van der Waals surface area contributed by atoms with Crippen molar-refractivity contribution in [3.8, 4) is 0 Å². The molecule has 0 heterocycles. The number of carbonyl (C=O) groups excluding carboxylic acids is 1. The second-order valence-corrected chi connectivity index (χ2v) is 13.0. The Morgan fingerprint density at radius 1 is 1.06 bits per heavy atom. The van der Waals surface area contributed by atoms with Crippen LogP contribution in [-0.4, -0.2) is 60.3 Å². The van der Waals surface area contributed by atoms with Gasteiger partial charge in [-0.05, 0) is 107 Å². The molecule has 6 heteroatoms. The second-order valence-electron chi connectivity index (χ2n) is 13.0. The van der Waals surface area contributed by atoms with Gasteiger partial charge in [-0.2, -0.15) is 0 Å². The van der Waals surface area contributed by atoms with E-state index in [9.17, 15) is 30.3 Å². The number of fused-ring (bicyclic) bond motifs is 5. The van der Waals surface area contributed by atoms with Crippen LogP contribution < -0.4 is 0 Å². The minimum atomic E-state index is -1.42. The number of aliphatic hydroxyl groups excluding tert-OH is 2. The molecule has 4 aliphatic rings. The lowest BCUT2D eigenvalue weighted by Crippen LogP contribution is -2.62. The van der Waals surface area contributed by atoms with Crippen LogP contribution in [0.1, 0.15) is 92.4 Å². The van der Waals surface area contributed by atoms with Crippen LogP contribution in [0.15, 0.2) is 11.6 Å². The van der Waals surface area contributed by atoms with Gasteiger partial charge >= 0.3 is 0 Å². The molecule has 0 spiro atoms. The summed E-state index contributed by atoms with van der Waals surface area (Å²) in [5.41, 5.74) is -3.64. The van der Waals surface area contributed by atoms with Gasteiger partial charge in [-0.1, -0.05) is 13.8 Å². The van der Waals surface area contributed by atoms with Gasteiger partial charge in [-0.25, -0.2) is 0 Å². The molecule has 4 rings (SSSR count). The highest BCUT2D eigenvalue weighted by Crippen LogP contribution is 2.68. The number of hydrogen-bond donors (Lipinski definition) is 5. The van der Waals surface area contributed by atoms with Gasteiger partial charge in [-0.15, -0.1) is 0 Å². The highest BCUT2D eigenvalue weighted by Gasteiger charge is 2.68. The van der Waals surface area contributed by atoms with Gasteiger partial charge in [0.05, 0.1) is 29.0 Å². The standard InChI is InChI=1S/C27H44O6/c1-23(2,31)10-9-22(30)26(5,32)21-8-13-27(33)18-15-20(29)19-14-16(28)6-11-24(19,3)17(18)7-12-25(21,27)4/h15-17,19,21-22,28,30-33H,6-14H2,1-5H3/t16-,17-,19-,21-,22+,24+,25+,26-,27+/m0/s1. The first-order valence-corrected chi connectivity index (χ1v) is 12.9. The number of ketones is 1. The Balaban J connectivity index is 1.65. The maximum atomic E-state index is 13.2. The maximum absolute atomic E-state index is 13.2. The van der Waals surface area contributed by atoms with Crippen molar-refractivity contribution in [3.05, 3.63) is 11.6 Å². The molecule has 3 saturated carbocycles. The van der Waals surface area contributed by atoms with Crippen LogP contribution in [0.2, 0.25) is 0 Å². The zero-order chi connectivity index (χ0) is 24.6. The molecule has 0 bridgehead atoms. The third-order valence-corrected chi connectivity index (χ3v) is 10.5. The van der Waals surface area contributed by atoms with Crippen molar-refractivity contribution in [2.45, 2.75) is 121 Å². The van der Waals surface area contributed by atoms with Gasteiger partial charge in [0.1, 0.15) is 0 Å². The summed E-state index contributed by atoms with van der Waals surface area (Å²) in [4.78, 5) is 13.2. The lowest BCUT2D eigenvalue weighted by atomic mass is 9.46. The lowest BCUT2D eigenvalue weighted by molar-refractivity contribution is -0.172. The summed E-state index contributed by atoms with van der Waals surface area (Å²) in [7, 11) is 0. The van der Waals surface area contributed by atoms with Crippen molar-refractivity contribution < 1.29 is 30.3 Å². The quantitative estimate of drug-likeness (QED) is 0.427. The lowest BCUT2D eigenvalue weighted by Gasteiger charge is -2.60. The third-order valence-electron chi connectivity index (χ3n) is 10.5. The zero-order valence-electron chi connectivity index (χ0n) is 21.0. The molecule has 0 amide bonds. The van der Waals surface area contributed by atoms with Crippen molar-refractivity contribution >= 4 is 5.78 Å².